The van der Waals surface area contributed by atoms with E-state index < -0.39 is 29.2 Å². The normalized spacial score (nSPS) is 16.9. The average Bonchev–Trinajstić information content (AvgIpc) is 3.03. The van der Waals surface area contributed by atoms with E-state index in [9.17, 15) is 17.6 Å². The maximum atomic E-state index is 13.8. The number of hydrogen-bond acceptors (Lipinski definition) is 1. The summed E-state index contributed by atoms with van der Waals surface area (Å²) in [4.78, 5) is 0. The molecule has 0 aliphatic heterocycles. The van der Waals surface area contributed by atoms with Gasteiger partial charge in [-0.1, -0.05) is 24.4 Å². The van der Waals surface area contributed by atoms with E-state index in [1.807, 2.05) is 0 Å². The van der Waals surface area contributed by atoms with Crippen molar-refractivity contribution in [3.63, 3.8) is 0 Å². The van der Waals surface area contributed by atoms with E-state index in [0.717, 1.165) is 25.0 Å². The maximum absolute atomic E-state index is 13.8. The van der Waals surface area contributed by atoms with Crippen LogP contribution in [0.2, 0.25) is 5.02 Å². The molecule has 7 heteroatoms. The molecule has 1 aliphatic rings. The highest BCUT2D eigenvalue weighted by molar-refractivity contribution is 6.30. The Bertz CT molecular complexity index is 458. The topological polar surface area (TPSA) is 26.0 Å². The van der Waals surface area contributed by atoms with Gasteiger partial charge in [-0.2, -0.15) is 13.2 Å². The standard InChI is InChI=1S/C12H12ClF4N.ClH/c13-8-4-3-7(12(15,16)17)10(11(8)14)9(18)5-6-1-2-6;/h3-4,6,9H,1-2,5,18H2;1H/t9-;/m1./s1. The predicted molar refractivity (Wildman–Crippen MR) is 67.9 cm³/mol. The molecule has 0 amide bonds. The van der Waals surface area contributed by atoms with Gasteiger partial charge in [-0.05, 0) is 24.5 Å². The van der Waals surface area contributed by atoms with Gasteiger partial charge in [-0.3, -0.25) is 0 Å². The van der Waals surface area contributed by atoms with E-state index >= 15 is 0 Å². The second-order valence-electron chi connectivity index (χ2n) is 4.61. The van der Waals surface area contributed by atoms with E-state index in [1.165, 1.54) is 0 Å². The van der Waals surface area contributed by atoms with Crippen molar-refractivity contribution in [3.05, 3.63) is 34.1 Å². The van der Waals surface area contributed by atoms with E-state index in [2.05, 4.69) is 0 Å². The number of benzene rings is 1. The van der Waals surface area contributed by atoms with Gasteiger partial charge in [-0.25, -0.2) is 4.39 Å². The quantitative estimate of drug-likeness (QED) is 0.802. The minimum atomic E-state index is -4.62. The summed E-state index contributed by atoms with van der Waals surface area (Å²) >= 11 is 5.53. The molecule has 2 rings (SSSR count). The Morgan fingerprint density at radius 3 is 2.37 bits per heavy atom. The van der Waals surface area contributed by atoms with Crippen LogP contribution in [-0.4, -0.2) is 0 Å². The van der Waals surface area contributed by atoms with Crippen LogP contribution in [0.4, 0.5) is 17.6 Å². The summed E-state index contributed by atoms with van der Waals surface area (Å²) in [6.07, 6.45) is -2.38. The zero-order valence-electron chi connectivity index (χ0n) is 9.81. The van der Waals surface area contributed by atoms with Gasteiger partial charge in [0.25, 0.3) is 0 Å². The molecule has 0 bridgehead atoms. The number of halogens is 6. The van der Waals surface area contributed by atoms with Crippen LogP contribution in [0.15, 0.2) is 12.1 Å². The fourth-order valence-corrected chi connectivity index (χ4v) is 2.17. The van der Waals surface area contributed by atoms with Crippen molar-refractivity contribution in [2.45, 2.75) is 31.5 Å². The Hall–Kier alpha value is -0.520. The van der Waals surface area contributed by atoms with Crippen LogP contribution in [-0.2, 0) is 6.18 Å². The average molecular weight is 318 g/mol. The lowest BCUT2D eigenvalue weighted by molar-refractivity contribution is -0.138. The molecule has 19 heavy (non-hydrogen) atoms. The summed E-state index contributed by atoms with van der Waals surface area (Å²) in [5, 5.41) is -0.329. The van der Waals surface area contributed by atoms with Crippen LogP contribution in [0, 0.1) is 11.7 Å². The predicted octanol–water partition coefficient (Wildman–Crippen LogP) is 4.72. The van der Waals surface area contributed by atoms with E-state index in [4.69, 9.17) is 17.3 Å². The molecule has 108 valence electrons. The lowest BCUT2D eigenvalue weighted by Crippen LogP contribution is -2.20. The first-order chi connectivity index (χ1) is 8.30. The molecule has 0 aromatic heterocycles. The van der Waals surface area contributed by atoms with E-state index in [1.54, 1.807) is 0 Å². The van der Waals surface area contributed by atoms with Crippen molar-refractivity contribution in [2.75, 3.05) is 0 Å². The summed E-state index contributed by atoms with van der Waals surface area (Å²) in [5.74, 6) is -0.751. The van der Waals surface area contributed by atoms with Gasteiger partial charge >= 0.3 is 6.18 Å². The zero-order chi connectivity index (χ0) is 13.5. The van der Waals surface area contributed by atoms with Crippen molar-refractivity contribution in [1.82, 2.24) is 0 Å². The van der Waals surface area contributed by atoms with Gasteiger partial charge < -0.3 is 5.73 Å². The Balaban J connectivity index is 0.00000180. The molecule has 2 N–H and O–H groups in total. The highest BCUT2D eigenvalue weighted by atomic mass is 35.5. The van der Waals surface area contributed by atoms with Crippen LogP contribution < -0.4 is 5.73 Å². The Labute approximate surface area is 119 Å². The summed E-state index contributed by atoms with van der Waals surface area (Å²) in [5.41, 5.74) is 4.16. The fraction of sp³-hybridized carbons (Fsp3) is 0.500. The lowest BCUT2D eigenvalue weighted by atomic mass is 9.96. The molecule has 0 heterocycles. The second kappa shape index (κ2) is 5.85. The molecule has 1 aromatic rings. The van der Waals surface area contributed by atoms with Gasteiger partial charge in [-0.15, -0.1) is 12.4 Å². The number of alkyl halides is 3. The molecule has 1 aliphatic carbocycles. The van der Waals surface area contributed by atoms with Crippen LogP contribution >= 0.6 is 24.0 Å². The summed E-state index contributed by atoms with van der Waals surface area (Å²) < 4.78 is 52.2. The third kappa shape index (κ3) is 3.74. The molecular weight excluding hydrogens is 305 g/mol. The minimum Gasteiger partial charge on any atom is -0.324 e. The monoisotopic (exact) mass is 317 g/mol. The first-order valence-corrected chi connectivity index (χ1v) is 5.99. The molecule has 1 atom stereocenters. The Morgan fingerprint density at radius 2 is 1.89 bits per heavy atom. The van der Waals surface area contributed by atoms with Crippen LogP contribution in [0.5, 0.6) is 0 Å². The highest BCUT2D eigenvalue weighted by Crippen LogP contribution is 2.42. The number of rotatable bonds is 3. The van der Waals surface area contributed by atoms with E-state index in [-0.39, 0.29) is 17.4 Å². The molecule has 1 saturated carbocycles. The van der Waals surface area contributed by atoms with Gasteiger partial charge in [0.15, 0.2) is 0 Å². The number of nitrogens with two attached hydrogens (primary N) is 1. The molecule has 0 unspecified atom stereocenters. The molecule has 1 nitrogen and oxygen atoms in total. The molecule has 0 radical (unpaired) electrons. The largest absolute Gasteiger partial charge is 0.416 e. The maximum Gasteiger partial charge on any atom is 0.416 e. The van der Waals surface area contributed by atoms with Gasteiger partial charge in [0.2, 0.25) is 0 Å². The summed E-state index contributed by atoms with van der Waals surface area (Å²) in [7, 11) is 0. The summed E-state index contributed by atoms with van der Waals surface area (Å²) in [6, 6.07) is 0.730. The van der Waals surface area contributed by atoms with Crippen molar-refractivity contribution >= 4 is 24.0 Å². The third-order valence-corrected chi connectivity index (χ3v) is 3.38. The smallest absolute Gasteiger partial charge is 0.324 e. The molecule has 1 aromatic carbocycles. The molecule has 0 spiro atoms. The van der Waals surface area contributed by atoms with Crippen molar-refractivity contribution in [2.24, 2.45) is 11.7 Å². The third-order valence-electron chi connectivity index (χ3n) is 3.09. The first-order valence-electron chi connectivity index (χ1n) is 5.61. The van der Waals surface area contributed by atoms with Gasteiger partial charge in [0.05, 0.1) is 10.6 Å². The minimum absolute atomic E-state index is 0. The highest BCUT2D eigenvalue weighted by Gasteiger charge is 2.38. The van der Waals surface area contributed by atoms with Crippen LogP contribution in [0.3, 0.4) is 0 Å². The second-order valence-corrected chi connectivity index (χ2v) is 5.01. The van der Waals surface area contributed by atoms with Crippen molar-refractivity contribution in [3.8, 4) is 0 Å². The number of hydrogen-bond donors (Lipinski definition) is 1. The summed E-state index contributed by atoms with van der Waals surface area (Å²) in [6.45, 7) is 0. The lowest BCUT2D eigenvalue weighted by Gasteiger charge is -2.19. The van der Waals surface area contributed by atoms with E-state index in [0.29, 0.717) is 12.3 Å². The van der Waals surface area contributed by atoms with Crippen LogP contribution in [0.25, 0.3) is 0 Å². The van der Waals surface area contributed by atoms with Crippen molar-refractivity contribution < 1.29 is 17.6 Å². The van der Waals surface area contributed by atoms with Gasteiger partial charge in [0.1, 0.15) is 5.82 Å². The molecule has 1 fully saturated rings. The zero-order valence-corrected chi connectivity index (χ0v) is 11.4. The Kier molecular flexibility index (Phi) is 5.09. The first kappa shape index (κ1) is 16.5. The van der Waals surface area contributed by atoms with Crippen molar-refractivity contribution in [1.29, 1.82) is 0 Å². The fourth-order valence-electron chi connectivity index (χ4n) is 2.01. The van der Waals surface area contributed by atoms with Gasteiger partial charge in [0, 0.05) is 11.6 Å². The molecule has 0 saturated heterocycles. The SMILES string of the molecule is Cl.N[C@H](CC1CC1)c1c(C(F)(F)F)ccc(Cl)c1F. The Morgan fingerprint density at radius 1 is 1.32 bits per heavy atom. The molecular formula is C12H13Cl2F4N. The van der Waals surface area contributed by atoms with Crippen LogP contribution in [0.1, 0.15) is 36.4 Å².